The summed E-state index contributed by atoms with van der Waals surface area (Å²) in [5.74, 6) is 0. The maximum Gasteiger partial charge on any atom is 0.418 e. The predicted octanol–water partition coefficient (Wildman–Crippen LogP) is 3.43. The first-order chi connectivity index (χ1) is 9.70. The molecule has 0 bridgehead atoms. The Hall–Kier alpha value is -1.43. The normalized spacial score (nSPS) is 19.5. The molecule has 2 rings (SSSR count). The van der Waals surface area contributed by atoms with Gasteiger partial charge in [-0.15, -0.1) is 0 Å². The number of benzene rings is 1. The number of nitrogens with one attached hydrogen (secondary N) is 1. The Morgan fingerprint density at radius 3 is 2.48 bits per heavy atom. The molecular weight excluding hydrogens is 279 g/mol. The molecule has 0 unspecified atom stereocenters. The lowest BCUT2D eigenvalue weighted by molar-refractivity contribution is -0.136. The molecule has 1 heterocycles. The van der Waals surface area contributed by atoms with E-state index in [9.17, 15) is 13.2 Å². The van der Waals surface area contributed by atoms with Gasteiger partial charge in [-0.25, -0.2) is 0 Å². The van der Waals surface area contributed by atoms with Crippen molar-refractivity contribution in [3.63, 3.8) is 0 Å². The van der Waals surface area contributed by atoms with Gasteiger partial charge in [-0.2, -0.15) is 13.2 Å². The Labute approximate surface area is 123 Å². The smallest absolute Gasteiger partial charge is 0.399 e. The van der Waals surface area contributed by atoms with Crippen LogP contribution in [0.15, 0.2) is 18.2 Å². The molecule has 6 heteroatoms. The lowest BCUT2D eigenvalue weighted by Crippen LogP contribution is -2.40. The molecule has 0 spiro atoms. The van der Waals surface area contributed by atoms with Crippen LogP contribution in [0.4, 0.5) is 24.5 Å². The van der Waals surface area contributed by atoms with E-state index in [4.69, 9.17) is 5.73 Å². The fourth-order valence-electron chi connectivity index (χ4n) is 2.59. The monoisotopic (exact) mass is 301 g/mol. The van der Waals surface area contributed by atoms with E-state index in [2.05, 4.69) is 24.2 Å². The molecule has 1 fully saturated rings. The molecule has 0 atom stereocenters. The van der Waals surface area contributed by atoms with Gasteiger partial charge in [0.15, 0.2) is 0 Å². The number of hydrogen-bond acceptors (Lipinski definition) is 3. The fourth-order valence-corrected chi connectivity index (χ4v) is 2.59. The van der Waals surface area contributed by atoms with E-state index in [1.165, 1.54) is 12.1 Å². The van der Waals surface area contributed by atoms with Gasteiger partial charge >= 0.3 is 6.18 Å². The van der Waals surface area contributed by atoms with Crippen LogP contribution in [0.1, 0.15) is 25.3 Å². The van der Waals surface area contributed by atoms with Crippen LogP contribution in [0.5, 0.6) is 0 Å². The minimum atomic E-state index is -4.40. The molecule has 1 aromatic carbocycles. The van der Waals surface area contributed by atoms with Crippen LogP contribution in [-0.4, -0.2) is 31.6 Å². The average Bonchev–Trinajstić information content (AvgIpc) is 2.40. The summed E-state index contributed by atoms with van der Waals surface area (Å²) in [7, 11) is 2.06. The lowest BCUT2D eigenvalue weighted by atomic mass is 9.80. The number of nitrogens with zero attached hydrogens (tertiary/aromatic N) is 1. The maximum absolute atomic E-state index is 13.0. The van der Waals surface area contributed by atoms with Gasteiger partial charge in [0, 0.05) is 17.9 Å². The molecule has 0 aliphatic carbocycles. The van der Waals surface area contributed by atoms with Crippen LogP contribution in [0.2, 0.25) is 0 Å². The van der Waals surface area contributed by atoms with Crippen molar-refractivity contribution < 1.29 is 13.2 Å². The highest BCUT2D eigenvalue weighted by Gasteiger charge is 2.35. The van der Waals surface area contributed by atoms with Crippen molar-refractivity contribution >= 4 is 11.4 Å². The summed E-state index contributed by atoms with van der Waals surface area (Å²) in [6.45, 7) is 4.61. The Morgan fingerprint density at radius 1 is 1.29 bits per heavy atom. The Bertz CT molecular complexity index is 491. The second kappa shape index (κ2) is 5.75. The molecule has 1 aliphatic rings. The molecule has 1 aromatic rings. The van der Waals surface area contributed by atoms with Gasteiger partial charge in [-0.3, -0.25) is 0 Å². The summed E-state index contributed by atoms with van der Waals surface area (Å²) >= 11 is 0. The van der Waals surface area contributed by atoms with Crippen LogP contribution in [0, 0.1) is 5.41 Å². The summed E-state index contributed by atoms with van der Waals surface area (Å²) in [6.07, 6.45) is -2.44. The largest absolute Gasteiger partial charge is 0.418 e. The quantitative estimate of drug-likeness (QED) is 0.840. The number of anilines is 2. The zero-order chi connectivity index (χ0) is 15.7. The molecule has 0 aromatic heterocycles. The Balaban J connectivity index is 2.10. The van der Waals surface area contributed by atoms with Crippen molar-refractivity contribution in [2.24, 2.45) is 5.41 Å². The van der Waals surface area contributed by atoms with Gasteiger partial charge in [-0.05, 0) is 56.6 Å². The van der Waals surface area contributed by atoms with Crippen molar-refractivity contribution in [2.75, 3.05) is 37.7 Å². The molecule has 0 saturated carbocycles. The van der Waals surface area contributed by atoms with Gasteiger partial charge in [-0.1, -0.05) is 6.92 Å². The number of alkyl halides is 3. The number of halogens is 3. The zero-order valence-corrected chi connectivity index (χ0v) is 12.4. The van der Waals surface area contributed by atoms with Crippen LogP contribution < -0.4 is 11.1 Å². The molecule has 21 heavy (non-hydrogen) atoms. The Morgan fingerprint density at radius 2 is 1.90 bits per heavy atom. The first kappa shape index (κ1) is 15.9. The van der Waals surface area contributed by atoms with Gasteiger partial charge < -0.3 is 16.0 Å². The van der Waals surface area contributed by atoms with E-state index in [1.54, 1.807) is 0 Å². The van der Waals surface area contributed by atoms with Crippen molar-refractivity contribution in [3.8, 4) is 0 Å². The molecule has 118 valence electrons. The molecule has 1 aliphatic heterocycles. The predicted molar refractivity (Wildman–Crippen MR) is 79.2 cm³/mol. The molecule has 0 radical (unpaired) electrons. The van der Waals surface area contributed by atoms with Crippen LogP contribution >= 0.6 is 0 Å². The number of likely N-dealkylation sites (tertiary alicyclic amines) is 1. The standard InChI is InChI=1S/C15H22F3N3/c1-14(5-7-21(2)8-6-14)10-20-13-4-3-11(19)9-12(13)15(16,17)18/h3-4,9,20H,5-8,10,19H2,1-2H3. The highest BCUT2D eigenvalue weighted by molar-refractivity contribution is 5.59. The topological polar surface area (TPSA) is 41.3 Å². The van der Waals surface area contributed by atoms with E-state index in [1.807, 2.05) is 0 Å². The second-order valence-electron chi connectivity index (χ2n) is 6.27. The van der Waals surface area contributed by atoms with E-state index >= 15 is 0 Å². The van der Waals surface area contributed by atoms with Gasteiger partial charge in [0.1, 0.15) is 0 Å². The van der Waals surface area contributed by atoms with Crippen LogP contribution in [0.3, 0.4) is 0 Å². The maximum atomic E-state index is 13.0. The fraction of sp³-hybridized carbons (Fsp3) is 0.600. The molecule has 0 amide bonds. The molecule has 3 nitrogen and oxygen atoms in total. The van der Waals surface area contributed by atoms with Gasteiger partial charge in [0.25, 0.3) is 0 Å². The summed E-state index contributed by atoms with van der Waals surface area (Å²) in [6, 6.07) is 3.89. The first-order valence-corrected chi connectivity index (χ1v) is 7.09. The second-order valence-corrected chi connectivity index (χ2v) is 6.27. The zero-order valence-electron chi connectivity index (χ0n) is 12.4. The third kappa shape index (κ3) is 4.03. The summed E-state index contributed by atoms with van der Waals surface area (Å²) in [5.41, 5.74) is 5.03. The van der Waals surface area contributed by atoms with Crippen LogP contribution in [-0.2, 0) is 6.18 Å². The summed E-state index contributed by atoms with van der Waals surface area (Å²) in [5, 5.41) is 2.98. The first-order valence-electron chi connectivity index (χ1n) is 7.09. The number of nitrogens with two attached hydrogens (primary N) is 1. The summed E-state index contributed by atoms with van der Waals surface area (Å²) < 4.78 is 39.1. The highest BCUT2D eigenvalue weighted by atomic mass is 19.4. The van der Waals surface area contributed by atoms with E-state index in [0.29, 0.717) is 6.54 Å². The van der Waals surface area contributed by atoms with Crippen molar-refractivity contribution in [1.29, 1.82) is 0 Å². The lowest BCUT2D eigenvalue weighted by Gasteiger charge is -2.38. The minimum Gasteiger partial charge on any atom is -0.399 e. The van der Waals surface area contributed by atoms with E-state index < -0.39 is 11.7 Å². The highest BCUT2D eigenvalue weighted by Crippen LogP contribution is 2.37. The number of hydrogen-bond donors (Lipinski definition) is 2. The Kier molecular flexibility index (Phi) is 4.37. The molecular formula is C15H22F3N3. The average molecular weight is 301 g/mol. The SMILES string of the molecule is CN1CCC(C)(CNc2ccc(N)cc2C(F)(F)F)CC1. The number of nitrogen functional groups attached to an aromatic ring is 1. The number of rotatable bonds is 3. The number of piperidine rings is 1. The third-order valence-corrected chi connectivity index (χ3v) is 4.25. The minimum absolute atomic E-state index is 0.0246. The van der Waals surface area contributed by atoms with Gasteiger partial charge in [0.2, 0.25) is 0 Å². The molecule has 1 saturated heterocycles. The van der Waals surface area contributed by atoms with Gasteiger partial charge in [0.05, 0.1) is 5.56 Å². The van der Waals surface area contributed by atoms with Crippen molar-refractivity contribution in [1.82, 2.24) is 4.90 Å². The van der Waals surface area contributed by atoms with Crippen molar-refractivity contribution in [2.45, 2.75) is 25.9 Å². The van der Waals surface area contributed by atoms with Crippen molar-refractivity contribution in [3.05, 3.63) is 23.8 Å². The summed E-state index contributed by atoms with van der Waals surface area (Å²) in [4.78, 5) is 2.24. The molecule has 3 N–H and O–H groups in total. The third-order valence-electron chi connectivity index (χ3n) is 4.25. The van der Waals surface area contributed by atoms with E-state index in [0.717, 1.165) is 32.0 Å². The van der Waals surface area contributed by atoms with Crippen LogP contribution in [0.25, 0.3) is 0 Å². The van der Waals surface area contributed by atoms with E-state index in [-0.39, 0.29) is 16.8 Å².